The van der Waals surface area contributed by atoms with Crippen LogP contribution in [-0.4, -0.2) is 66.5 Å². The molecule has 74 heavy (non-hydrogen) atoms. The van der Waals surface area contributed by atoms with Gasteiger partial charge in [0.15, 0.2) is 6.10 Å². The minimum Gasteiger partial charge on any atom is -0.462 e. The molecule has 0 amide bonds. The van der Waals surface area contributed by atoms with Crippen LogP contribution in [0.4, 0.5) is 0 Å². The summed E-state index contributed by atoms with van der Waals surface area (Å²) in [7, 11) is -4.75. The van der Waals surface area contributed by atoms with E-state index in [1.165, 1.54) is 141 Å². The van der Waals surface area contributed by atoms with Gasteiger partial charge in [0, 0.05) is 19.3 Å². The molecule has 0 aromatic heterocycles. The van der Waals surface area contributed by atoms with E-state index >= 15 is 0 Å². The Kier molecular flexibility index (Phi) is 54.7. The first kappa shape index (κ1) is 71.4. The highest BCUT2D eigenvalue weighted by molar-refractivity contribution is 7.47. The molecule has 0 radical (unpaired) electrons. The van der Waals surface area contributed by atoms with E-state index in [0.717, 1.165) is 89.9 Å². The molecular formula is C62H113O11P. The number of phosphoric ester groups is 1. The fourth-order valence-electron chi connectivity index (χ4n) is 8.60. The van der Waals surface area contributed by atoms with Crippen LogP contribution in [0.2, 0.25) is 0 Å². The molecular weight excluding hydrogens is 952 g/mol. The van der Waals surface area contributed by atoms with Crippen LogP contribution in [0.5, 0.6) is 0 Å². The summed E-state index contributed by atoms with van der Waals surface area (Å²) in [6.07, 6.45) is 60.6. The molecule has 3 atom stereocenters. The first-order valence-electron chi connectivity index (χ1n) is 30.5. The summed E-state index contributed by atoms with van der Waals surface area (Å²) in [6.45, 7) is 4.55. The molecule has 0 aliphatic rings. The Morgan fingerprint density at radius 1 is 0.392 bits per heavy atom. The highest BCUT2D eigenvalue weighted by Gasteiger charge is 2.28. The van der Waals surface area contributed by atoms with Crippen LogP contribution in [0, 0.1) is 0 Å². The number of ether oxygens (including phenoxy) is 3. The second-order valence-electron chi connectivity index (χ2n) is 20.5. The zero-order chi connectivity index (χ0) is 54.1. The number of rotatable bonds is 57. The summed E-state index contributed by atoms with van der Waals surface area (Å²) in [5, 5.41) is 9.82. The average molecular weight is 1070 g/mol. The third-order valence-electron chi connectivity index (χ3n) is 13.2. The maximum atomic E-state index is 12.9. The van der Waals surface area contributed by atoms with Gasteiger partial charge in [-0.2, -0.15) is 0 Å². The summed E-state index contributed by atoms with van der Waals surface area (Å²) < 4.78 is 39.6. The second-order valence-corrected chi connectivity index (χ2v) is 21.9. The van der Waals surface area contributed by atoms with E-state index in [1.54, 1.807) is 0 Å². The van der Waals surface area contributed by atoms with E-state index in [-0.39, 0.29) is 25.9 Å². The standard InChI is InChI=1S/C62H113O11P/c1-4-7-10-13-16-19-22-25-27-28-29-30-32-34-36-39-42-45-48-51-60(64)69-55-59(73-62(66)53-50-47-44-41-38-35-31-26-23-20-17-14-11-8-5-2)57-71-74(67,68)70-56-58(54-63)72-61(65)52-49-46-43-40-37-33-24-21-18-15-12-9-6-3/h8,11,17,20,25-27,31,58-59,63H,4-7,9-10,12-16,18-19,21-24,28-30,32-57H2,1-3H3,(H,67,68)/b11-8-,20-17-,27-25-,31-26-. The number of carbonyl (C=O) groups excluding carboxylic acids is 3. The van der Waals surface area contributed by atoms with Gasteiger partial charge in [-0.25, -0.2) is 4.57 Å². The monoisotopic (exact) mass is 1060 g/mol. The number of esters is 3. The van der Waals surface area contributed by atoms with Crippen LogP contribution in [-0.2, 0) is 42.2 Å². The van der Waals surface area contributed by atoms with Crippen LogP contribution < -0.4 is 0 Å². The lowest BCUT2D eigenvalue weighted by Crippen LogP contribution is -2.30. The number of carbonyl (C=O) groups is 3. The van der Waals surface area contributed by atoms with Crippen LogP contribution in [0.3, 0.4) is 0 Å². The lowest BCUT2D eigenvalue weighted by molar-refractivity contribution is -0.161. The van der Waals surface area contributed by atoms with E-state index in [2.05, 4.69) is 69.4 Å². The second kappa shape index (κ2) is 56.6. The quantitative estimate of drug-likeness (QED) is 0.0197. The zero-order valence-electron chi connectivity index (χ0n) is 47.8. The normalized spacial score (nSPS) is 13.6. The van der Waals surface area contributed by atoms with Crippen molar-refractivity contribution < 1.29 is 52.2 Å². The molecule has 11 nitrogen and oxygen atoms in total. The average Bonchev–Trinajstić information content (AvgIpc) is 3.39. The third-order valence-corrected chi connectivity index (χ3v) is 14.2. The zero-order valence-corrected chi connectivity index (χ0v) is 48.7. The van der Waals surface area contributed by atoms with Crippen molar-refractivity contribution in [3.8, 4) is 0 Å². The van der Waals surface area contributed by atoms with E-state index in [9.17, 15) is 28.9 Å². The van der Waals surface area contributed by atoms with E-state index in [1.807, 2.05) is 0 Å². The van der Waals surface area contributed by atoms with Crippen LogP contribution in [0.25, 0.3) is 0 Å². The van der Waals surface area contributed by atoms with Crippen LogP contribution in [0.1, 0.15) is 290 Å². The fraction of sp³-hybridized carbons (Fsp3) is 0.823. The summed E-state index contributed by atoms with van der Waals surface area (Å²) >= 11 is 0. The van der Waals surface area contributed by atoms with Gasteiger partial charge in [0.25, 0.3) is 0 Å². The number of phosphoric acid groups is 1. The molecule has 0 aromatic rings. The summed E-state index contributed by atoms with van der Waals surface area (Å²) in [5.41, 5.74) is 0. The predicted molar refractivity (Wildman–Crippen MR) is 307 cm³/mol. The third kappa shape index (κ3) is 54.2. The first-order chi connectivity index (χ1) is 36.2. The smallest absolute Gasteiger partial charge is 0.462 e. The van der Waals surface area contributed by atoms with Gasteiger partial charge in [0.1, 0.15) is 12.7 Å². The SMILES string of the molecule is CC/C=C\C/C=C\C/C=C\CCCCCCCC(=O)OC(COC(=O)CCCCCCCCCCC/C=C\CCCCCCCC)COP(=O)(O)OCC(CO)OC(=O)CCCCCCCCCCCCCCC. The molecule has 3 unspecified atom stereocenters. The number of hydrogen-bond donors (Lipinski definition) is 2. The number of hydrogen-bond acceptors (Lipinski definition) is 10. The van der Waals surface area contributed by atoms with Crippen molar-refractivity contribution in [2.24, 2.45) is 0 Å². The first-order valence-corrected chi connectivity index (χ1v) is 32.0. The maximum Gasteiger partial charge on any atom is 0.472 e. The molecule has 0 bridgehead atoms. The van der Waals surface area contributed by atoms with Crippen molar-refractivity contribution >= 4 is 25.7 Å². The van der Waals surface area contributed by atoms with Gasteiger partial charge >= 0.3 is 25.7 Å². The van der Waals surface area contributed by atoms with Crippen LogP contribution >= 0.6 is 7.82 Å². The Balaban J connectivity index is 4.69. The lowest BCUT2D eigenvalue weighted by Gasteiger charge is -2.21. The number of aliphatic hydroxyl groups is 1. The van der Waals surface area contributed by atoms with Gasteiger partial charge in [0.2, 0.25) is 0 Å². The summed E-state index contributed by atoms with van der Waals surface area (Å²) in [4.78, 5) is 48.6. The molecule has 0 fully saturated rings. The van der Waals surface area contributed by atoms with Gasteiger partial charge < -0.3 is 24.2 Å². The van der Waals surface area contributed by atoms with Crippen molar-refractivity contribution in [1.82, 2.24) is 0 Å². The van der Waals surface area contributed by atoms with Gasteiger partial charge in [0.05, 0.1) is 19.8 Å². The van der Waals surface area contributed by atoms with Crippen molar-refractivity contribution in [2.75, 3.05) is 26.4 Å². The van der Waals surface area contributed by atoms with Gasteiger partial charge in [-0.15, -0.1) is 0 Å². The Labute approximate surface area is 453 Å². The van der Waals surface area contributed by atoms with E-state index in [0.29, 0.717) is 19.3 Å². The molecule has 2 N–H and O–H groups in total. The Hall–Kier alpha value is -2.56. The molecule has 0 heterocycles. The molecule has 0 rings (SSSR count). The molecule has 0 aliphatic carbocycles. The van der Waals surface area contributed by atoms with Crippen molar-refractivity contribution in [3.63, 3.8) is 0 Å². The topological polar surface area (TPSA) is 155 Å². The largest absolute Gasteiger partial charge is 0.472 e. The lowest BCUT2D eigenvalue weighted by atomic mass is 10.0. The highest BCUT2D eigenvalue weighted by Crippen LogP contribution is 2.43. The molecule has 0 saturated heterocycles. The summed E-state index contributed by atoms with van der Waals surface area (Å²) in [6, 6.07) is 0. The number of aliphatic hydroxyl groups excluding tert-OH is 1. The molecule has 0 spiro atoms. The molecule has 0 aromatic carbocycles. The highest BCUT2D eigenvalue weighted by atomic mass is 31.2. The van der Waals surface area contributed by atoms with Gasteiger partial charge in [-0.3, -0.25) is 23.4 Å². The number of allylic oxidation sites excluding steroid dienone is 8. The van der Waals surface area contributed by atoms with Gasteiger partial charge in [-0.1, -0.05) is 243 Å². The van der Waals surface area contributed by atoms with Crippen molar-refractivity contribution in [1.29, 1.82) is 0 Å². The molecule has 432 valence electrons. The molecule has 0 aliphatic heterocycles. The molecule has 0 saturated carbocycles. The van der Waals surface area contributed by atoms with Crippen molar-refractivity contribution in [2.45, 2.75) is 303 Å². The Morgan fingerprint density at radius 3 is 1.09 bits per heavy atom. The Morgan fingerprint density at radius 2 is 0.703 bits per heavy atom. The molecule has 12 heteroatoms. The fourth-order valence-corrected chi connectivity index (χ4v) is 9.39. The van der Waals surface area contributed by atoms with Crippen molar-refractivity contribution in [3.05, 3.63) is 48.6 Å². The minimum atomic E-state index is -4.75. The maximum absolute atomic E-state index is 12.9. The van der Waals surface area contributed by atoms with E-state index in [4.69, 9.17) is 23.3 Å². The minimum absolute atomic E-state index is 0.150. The van der Waals surface area contributed by atoms with Gasteiger partial charge in [-0.05, 0) is 77.0 Å². The Bertz CT molecular complexity index is 1430. The van der Waals surface area contributed by atoms with E-state index < -0.39 is 57.8 Å². The number of unbranched alkanes of at least 4 members (excludes halogenated alkanes) is 32. The van der Waals surface area contributed by atoms with Crippen LogP contribution in [0.15, 0.2) is 48.6 Å². The summed E-state index contributed by atoms with van der Waals surface area (Å²) in [5.74, 6) is -1.47. The predicted octanol–water partition coefficient (Wildman–Crippen LogP) is 18.1.